The number of carbonyl (C=O) groups excluding carboxylic acids is 1. The number of fused-ring (bicyclic) bond motifs is 1. The van der Waals surface area contributed by atoms with Gasteiger partial charge >= 0.3 is 0 Å². The second kappa shape index (κ2) is 4.96. The third kappa shape index (κ3) is 2.01. The van der Waals surface area contributed by atoms with Crippen molar-refractivity contribution in [1.29, 1.82) is 0 Å². The van der Waals surface area contributed by atoms with Gasteiger partial charge in [-0.3, -0.25) is 4.79 Å². The van der Waals surface area contributed by atoms with Gasteiger partial charge in [0.2, 0.25) is 5.91 Å². The molecule has 0 bridgehead atoms. The highest BCUT2D eigenvalue weighted by Crippen LogP contribution is 2.41. The molecule has 104 valence electrons. The Balaban J connectivity index is 2.06. The van der Waals surface area contributed by atoms with Crippen LogP contribution in [0.15, 0.2) is 34.9 Å². The minimum atomic E-state index is -0.888. The summed E-state index contributed by atoms with van der Waals surface area (Å²) in [5.41, 5.74) is 2.11. The number of benzene rings is 1. The summed E-state index contributed by atoms with van der Waals surface area (Å²) in [4.78, 5) is 11.9. The predicted molar refractivity (Wildman–Crippen MR) is 75.9 cm³/mol. The number of rotatable bonds is 3. The van der Waals surface area contributed by atoms with Crippen molar-refractivity contribution in [3.8, 4) is 0 Å². The lowest BCUT2D eigenvalue weighted by Crippen LogP contribution is -2.10. The molecule has 1 amide bonds. The normalized spacial score (nSPS) is 18.8. The summed E-state index contributed by atoms with van der Waals surface area (Å²) >= 11 is 6.21. The Labute approximate surface area is 121 Å². The van der Waals surface area contributed by atoms with E-state index in [1.165, 1.54) is 6.26 Å². The molecule has 0 spiro atoms. The van der Waals surface area contributed by atoms with Crippen LogP contribution in [-0.4, -0.2) is 11.0 Å². The monoisotopic (exact) mass is 291 g/mol. The molecule has 0 saturated heterocycles. The average molecular weight is 292 g/mol. The van der Waals surface area contributed by atoms with Crippen LogP contribution in [0.25, 0.3) is 0 Å². The third-order valence-corrected chi connectivity index (χ3v) is 3.92. The number of anilines is 1. The number of halogens is 1. The molecule has 0 aliphatic carbocycles. The molecule has 2 heterocycles. The van der Waals surface area contributed by atoms with E-state index in [4.69, 9.17) is 16.0 Å². The van der Waals surface area contributed by atoms with Gasteiger partial charge in [0.1, 0.15) is 11.9 Å². The van der Waals surface area contributed by atoms with Crippen molar-refractivity contribution in [1.82, 2.24) is 0 Å². The summed E-state index contributed by atoms with van der Waals surface area (Å²) in [7, 11) is 0. The van der Waals surface area contributed by atoms with Gasteiger partial charge in [0.05, 0.1) is 22.9 Å². The van der Waals surface area contributed by atoms with E-state index in [2.05, 4.69) is 5.32 Å². The number of aliphatic hydroxyl groups excluding tert-OH is 1. The Morgan fingerprint density at radius 2 is 2.30 bits per heavy atom. The van der Waals surface area contributed by atoms with Crippen LogP contribution >= 0.6 is 11.6 Å². The van der Waals surface area contributed by atoms with Crippen molar-refractivity contribution in [2.24, 2.45) is 0 Å². The van der Waals surface area contributed by atoms with E-state index in [9.17, 15) is 9.90 Å². The number of hydrogen-bond donors (Lipinski definition) is 2. The zero-order valence-corrected chi connectivity index (χ0v) is 11.6. The van der Waals surface area contributed by atoms with Crippen molar-refractivity contribution >= 4 is 23.2 Å². The summed E-state index contributed by atoms with van der Waals surface area (Å²) in [5.74, 6) is 0.187. The van der Waals surface area contributed by atoms with Crippen LogP contribution in [0, 0.1) is 0 Å². The third-order valence-electron chi connectivity index (χ3n) is 3.62. The predicted octanol–water partition coefficient (Wildman–Crippen LogP) is 3.46. The molecule has 5 heteroatoms. The van der Waals surface area contributed by atoms with Crippen LogP contribution in [-0.2, 0) is 4.79 Å². The minimum Gasteiger partial charge on any atom is -0.466 e. The fraction of sp³-hybridized carbons (Fsp3) is 0.267. The lowest BCUT2D eigenvalue weighted by atomic mass is 9.94. The van der Waals surface area contributed by atoms with Crippen LogP contribution in [0.2, 0.25) is 5.02 Å². The summed E-state index contributed by atoms with van der Waals surface area (Å²) in [6.07, 6.45) is 1.31. The van der Waals surface area contributed by atoms with Crippen molar-refractivity contribution < 1.29 is 14.3 Å². The van der Waals surface area contributed by atoms with Gasteiger partial charge in [0, 0.05) is 0 Å². The van der Waals surface area contributed by atoms with Crippen LogP contribution < -0.4 is 5.32 Å². The highest BCUT2D eigenvalue weighted by molar-refractivity contribution is 6.34. The molecule has 1 aliphatic rings. The van der Waals surface area contributed by atoms with E-state index in [1.807, 2.05) is 13.0 Å². The standard InChI is InChI=1S/C15H14ClNO3/c1-2-9-10-6-8(14(18)12-4-3-5-20-12)7-11(16)13(10)17-15(9)19/h3-7,9,14,18H,2H2,1H3,(H,17,19). The Bertz CT molecular complexity index is 651. The van der Waals surface area contributed by atoms with Gasteiger partial charge in [0.15, 0.2) is 0 Å². The molecule has 3 rings (SSSR count). The Hall–Kier alpha value is -1.78. The smallest absolute Gasteiger partial charge is 0.232 e. The Kier molecular flexibility index (Phi) is 3.28. The molecule has 0 saturated carbocycles. The highest BCUT2D eigenvalue weighted by atomic mass is 35.5. The number of aliphatic hydroxyl groups is 1. The van der Waals surface area contributed by atoms with Gasteiger partial charge in [0.25, 0.3) is 0 Å². The van der Waals surface area contributed by atoms with E-state index in [0.717, 1.165) is 5.56 Å². The van der Waals surface area contributed by atoms with Crippen LogP contribution in [0.4, 0.5) is 5.69 Å². The molecule has 0 fully saturated rings. The first-order valence-electron chi connectivity index (χ1n) is 6.47. The van der Waals surface area contributed by atoms with E-state index < -0.39 is 6.10 Å². The van der Waals surface area contributed by atoms with Crippen molar-refractivity contribution in [2.75, 3.05) is 5.32 Å². The van der Waals surface area contributed by atoms with E-state index in [-0.39, 0.29) is 11.8 Å². The first-order chi connectivity index (χ1) is 9.61. The maximum atomic E-state index is 11.9. The number of furan rings is 1. The van der Waals surface area contributed by atoms with Gasteiger partial charge in [-0.1, -0.05) is 18.5 Å². The van der Waals surface area contributed by atoms with Crippen molar-refractivity contribution in [2.45, 2.75) is 25.4 Å². The van der Waals surface area contributed by atoms with Gasteiger partial charge < -0.3 is 14.8 Å². The lowest BCUT2D eigenvalue weighted by molar-refractivity contribution is -0.117. The number of carbonyl (C=O) groups is 1. The topological polar surface area (TPSA) is 62.5 Å². The molecule has 2 aromatic rings. The van der Waals surface area contributed by atoms with Crippen LogP contribution in [0.1, 0.15) is 42.3 Å². The molecule has 20 heavy (non-hydrogen) atoms. The summed E-state index contributed by atoms with van der Waals surface area (Å²) in [6, 6.07) is 6.90. The summed E-state index contributed by atoms with van der Waals surface area (Å²) < 4.78 is 5.21. The maximum absolute atomic E-state index is 11.9. The molecule has 2 N–H and O–H groups in total. The van der Waals surface area contributed by atoms with Crippen molar-refractivity contribution in [3.63, 3.8) is 0 Å². The van der Waals surface area contributed by atoms with Gasteiger partial charge in [-0.2, -0.15) is 0 Å². The quantitative estimate of drug-likeness (QED) is 0.910. The van der Waals surface area contributed by atoms with Crippen molar-refractivity contribution in [3.05, 3.63) is 52.4 Å². The fourth-order valence-electron chi connectivity index (χ4n) is 2.58. The highest BCUT2D eigenvalue weighted by Gasteiger charge is 2.32. The lowest BCUT2D eigenvalue weighted by Gasteiger charge is -2.13. The first kappa shape index (κ1) is 13.2. The molecule has 1 aliphatic heterocycles. The summed E-state index contributed by atoms with van der Waals surface area (Å²) in [5, 5.41) is 13.5. The molecule has 4 nitrogen and oxygen atoms in total. The molecule has 2 atom stereocenters. The van der Waals surface area contributed by atoms with E-state index in [0.29, 0.717) is 28.5 Å². The SMILES string of the molecule is CCC1C(=O)Nc2c(Cl)cc(C(O)c3ccco3)cc21. The Morgan fingerprint density at radius 1 is 1.50 bits per heavy atom. The van der Waals surface area contributed by atoms with Crippen LogP contribution in [0.3, 0.4) is 0 Å². The largest absolute Gasteiger partial charge is 0.466 e. The maximum Gasteiger partial charge on any atom is 0.232 e. The van der Waals surface area contributed by atoms with E-state index >= 15 is 0 Å². The van der Waals surface area contributed by atoms with Crippen LogP contribution in [0.5, 0.6) is 0 Å². The zero-order chi connectivity index (χ0) is 14.3. The Morgan fingerprint density at radius 3 is 2.95 bits per heavy atom. The van der Waals surface area contributed by atoms with Gasteiger partial charge in [-0.25, -0.2) is 0 Å². The average Bonchev–Trinajstić information content (AvgIpc) is 3.05. The first-order valence-corrected chi connectivity index (χ1v) is 6.85. The molecular weight excluding hydrogens is 278 g/mol. The number of hydrogen-bond acceptors (Lipinski definition) is 3. The summed E-state index contributed by atoms with van der Waals surface area (Å²) in [6.45, 7) is 1.95. The second-order valence-corrected chi connectivity index (χ2v) is 5.24. The molecule has 1 aromatic heterocycles. The van der Waals surface area contributed by atoms with Gasteiger partial charge in [-0.15, -0.1) is 0 Å². The number of nitrogens with one attached hydrogen (secondary N) is 1. The molecular formula is C15H14ClNO3. The molecule has 0 radical (unpaired) electrons. The fourth-order valence-corrected chi connectivity index (χ4v) is 2.86. The van der Waals surface area contributed by atoms with E-state index in [1.54, 1.807) is 18.2 Å². The molecule has 2 unspecified atom stereocenters. The number of amides is 1. The zero-order valence-electron chi connectivity index (χ0n) is 10.9. The second-order valence-electron chi connectivity index (χ2n) is 4.83. The van der Waals surface area contributed by atoms with Gasteiger partial charge in [-0.05, 0) is 41.8 Å². The minimum absolute atomic E-state index is 0.0472. The molecule has 1 aromatic carbocycles.